The zero-order valence-corrected chi connectivity index (χ0v) is 20.1. The van der Waals surface area contributed by atoms with Crippen LogP contribution in [0.5, 0.6) is 0 Å². The summed E-state index contributed by atoms with van der Waals surface area (Å²) in [5, 5.41) is 6.03. The molecule has 2 aromatic carbocycles. The number of alkyl halides is 3. The van der Waals surface area contributed by atoms with E-state index in [1.165, 1.54) is 25.4 Å². The lowest BCUT2D eigenvalue weighted by molar-refractivity contribution is -0.140. The van der Waals surface area contributed by atoms with Gasteiger partial charge in [-0.15, -0.1) is 0 Å². The summed E-state index contributed by atoms with van der Waals surface area (Å²) in [5.74, 6) is -0.129. The summed E-state index contributed by atoms with van der Waals surface area (Å²) in [5.41, 5.74) is 2.24. The van der Waals surface area contributed by atoms with Crippen LogP contribution in [0, 0.1) is 0 Å². The van der Waals surface area contributed by atoms with Gasteiger partial charge in [-0.25, -0.2) is 4.98 Å². The van der Waals surface area contributed by atoms with Crippen molar-refractivity contribution in [2.75, 3.05) is 19.0 Å². The van der Waals surface area contributed by atoms with Crippen LogP contribution in [-0.2, 0) is 15.7 Å². The van der Waals surface area contributed by atoms with Crippen molar-refractivity contribution >= 4 is 17.7 Å². The predicted molar refractivity (Wildman–Crippen MR) is 131 cm³/mol. The second-order valence-corrected chi connectivity index (χ2v) is 8.20. The smallest absolute Gasteiger partial charge is 0.416 e. The number of hydrogen-bond donors (Lipinski definition) is 2. The monoisotopic (exact) mass is 499 g/mol. The molecule has 9 heteroatoms. The predicted octanol–water partition coefficient (Wildman–Crippen LogP) is 6.01. The third kappa shape index (κ3) is 7.31. The van der Waals surface area contributed by atoms with Crippen molar-refractivity contribution in [2.45, 2.75) is 38.4 Å². The standard InChI is InChI=1S/C27H28F3N3O3/c1-3-4-23(33-24-14-11-21(17-32-24)26(35)31-16-15-25(34)36-2)20-7-5-18(6-8-20)19-9-12-22(13-10-19)27(28,29)30/h5-14,17,23H,3-4,15-16H2,1-2H3,(H,31,35)(H,32,33)/t23-/m1/s1. The molecule has 36 heavy (non-hydrogen) atoms. The number of halogens is 3. The van der Waals surface area contributed by atoms with Gasteiger partial charge in [-0.1, -0.05) is 49.7 Å². The van der Waals surface area contributed by atoms with Crippen LogP contribution in [-0.4, -0.2) is 30.5 Å². The second-order valence-electron chi connectivity index (χ2n) is 8.20. The molecular formula is C27H28F3N3O3. The SMILES string of the molecule is CCC[C@@H](Nc1ccc(C(=O)NCCC(=O)OC)cn1)c1ccc(-c2ccc(C(F)(F)F)cc2)cc1. The molecule has 6 nitrogen and oxygen atoms in total. The molecule has 0 saturated carbocycles. The van der Waals surface area contributed by atoms with Gasteiger partial charge in [0.25, 0.3) is 5.91 Å². The summed E-state index contributed by atoms with van der Waals surface area (Å²) in [6, 6.07) is 16.1. The molecule has 3 rings (SSSR count). The summed E-state index contributed by atoms with van der Waals surface area (Å²) in [6.07, 6.45) is -1.06. The highest BCUT2D eigenvalue weighted by Crippen LogP contribution is 2.32. The van der Waals surface area contributed by atoms with Gasteiger partial charge >= 0.3 is 12.1 Å². The van der Waals surface area contributed by atoms with Gasteiger partial charge in [-0.3, -0.25) is 9.59 Å². The van der Waals surface area contributed by atoms with Gasteiger partial charge in [0.1, 0.15) is 5.82 Å². The van der Waals surface area contributed by atoms with Crippen molar-refractivity contribution in [2.24, 2.45) is 0 Å². The third-order valence-corrected chi connectivity index (χ3v) is 5.63. The first kappa shape index (κ1) is 26.7. The molecule has 0 bridgehead atoms. The van der Waals surface area contributed by atoms with Crippen molar-refractivity contribution in [3.8, 4) is 11.1 Å². The summed E-state index contributed by atoms with van der Waals surface area (Å²) >= 11 is 0. The number of carbonyl (C=O) groups excluding carboxylic acids is 2. The minimum Gasteiger partial charge on any atom is -0.469 e. The molecular weight excluding hydrogens is 471 g/mol. The Morgan fingerprint density at radius 2 is 1.61 bits per heavy atom. The van der Waals surface area contributed by atoms with Crippen LogP contribution < -0.4 is 10.6 Å². The van der Waals surface area contributed by atoms with Crippen LogP contribution in [0.2, 0.25) is 0 Å². The van der Waals surface area contributed by atoms with Gasteiger partial charge in [0.05, 0.1) is 30.7 Å². The fraction of sp³-hybridized carbons (Fsp3) is 0.296. The Morgan fingerprint density at radius 3 is 2.14 bits per heavy atom. The van der Waals surface area contributed by atoms with E-state index in [-0.39, 0.29) is 24.9 Å². The Hall–Kier alpha value is -3.88. The fourth-order valence-corrected chi connectivity index (χ4v) is 3.64. The molecule has 0 fully saturated rings. The Bertz CT molecular complexity index is 1150. The van der Waals surface area contributed by atoms with Crippen LogP contribution in [0.3, 0.4) is 0 Å². The van der Waals surface area contributed by atoms with E-state index >= 15 is 0 Å². The number of nitrogens with zero attached hydrogens (tertiary/aromatic N) is 1. The molecule has 0 aliphatic heterocycles. The van der Waals surface area contributed by atoms with E-state index in [2.05, 4.69) is 27.3 Å². The van der Waals surface area contributed by atoms with E-state index in [1.807, 2.05) is 24.3 Å². The maximum Gasteiger partial charge on any atom is 0.416 e. The van der Waals surface area contributed by atoms with E-state index in [9.17, 15) is 22.8 Å². The lowest BCUT2D eigenvalue weighted by Crippen LogP contribution is -2.26. The lowest BCUT2D eigenvalue weighted by Gasteiger charge is -2.20. The number of methoxy groups -OCH3 is 1. The molecule has 0 spiro atoms. The Balaban J connectivity index is 1.65. The number of anilines is 1. The molecule has 0 radical (unpaired) electrons. The molecule has 2 N–H and O–H groups in total. The summed E-state index contributed by atoms with van der Waals surface area (Å²) < 4.78 is 43.0. The molecule has 1 amide bonds. The maximum atomic E-state index is 12.8. The second kappa shape index (κ2) is 12.2. The molecule has 1 aromatic heterocycles. The molecule has 0 unspecified atom stereocenters. The Kier molecular flexibility index (Phi) is 9.05. The molecule has 0 aliphatic rings. The van der Waals surface area contributed by atoms with Crippen molar-refractivity contribution in [1.29, 1.82) is 0 Å². The zero-order chi connectivity index (χ0) is 26.1. The molecule has 190 valence electrons. The van der Waals surface area contributed by atoms with Gasteiger partial charge in [0.15, 0.2) is 0 Å². The van der Waals surface area contributed by atoms with Gasteiger partial charge in [-0.2, -0.15) is 13.2 Å². The molecule has 3 aromatic rings. The lowest BCUT2D eigenvalue weighted by atomic mass is 9.98. The largest absolute Gasteiger partial charge is 0.469 e. The van der Waals surface area contributed by atoms with Crippen molar-refractivity contribution in [1.82, 2.24) is 10.3 Å². The number of aromatic nitrogens is 1. The van der Waals surface area contributed by atoms with Crippen LogP contribution >= 0.6 is 0 Å². The highest BCUT2D eigenvalue weighted by molar-refractivity contribution is 5.94. The van der Waals surface area contributed by atoms with Crippen molar-refractivity contribution in [3.63, 3.8) is 0 Å². The summed E-state index contributed by atoms with van der Waals surface area (Å²) in [6.45, 7) is 2.24. The minimum absolute atomic E-state index is 0.0381. The number of rotatable bonds is 10. The number of amides is 1. The molecule has 0 saturated heterocycles. The third-order valence-electron chi connectivity index (χ3n) is 5.63. The highest BCUT2D eigenvalue weighted by atomic mass is 19.4. The molecule has 1 heterocycles. The maximum absolute atomic E-state index is 12.8. The van der Waals surface area contributed by atoms with E-state index in [4.69, 9.17) is 0 Å². The van der Waals surface area contributed by atoms with Crippen LogP contribution in [0.1, 0.15) is 53.7 Å². The van der Waals surface area contributed by atoms with E-state index in [1.54, 1.807) is 12.1 Å². The quantitative estimate of drug-likeness (QED) is 0.334. The normalized spacial score (nSPS) is 12.0. The molecule has 0 aliphatic carbocycles. The number of hydrogen-bond acceptors (Lipinski definition) is 5. The first-order chi connectivity index (χ1) is 17.2. The average molecular weight is 500 g/mol. The number of nitrogens with one attached hydrogen (secondary N) is 2. The summed E-state index contributed by atoms with van der Waals surface area (Å²) in [7, 11) is 1.29. The number of benzene rings is 2. The van der Waals surface area contributed by atoms with Crippen molar-refractivity contribution in [3.05, 3.63) is 83.6 Å². The first-order valence-electron chi connectivity index (χ1n) is 11.6. The Morgan fingerprint density at radius 1 is 0.972 bits per heavy atom. The number of esters is 1. The topological polar surface area (TPSA) is 80.3 Å². The fourth-order valence-electron chi connectivity index (χ4n) is 3.64. The highest BCUT2D eigenvalue weighted by Gasteiger charge is 2.30. The van der Waals surface area contributed by atoms with Gasteiger partial charge in [0.2, 0.25) is 0 Å². The zero-order valence-electron chi connectivity index (χ0n) is 20.1. The number of pyridine rings is 1. The van der Waals surface area contributed by atoms with Crippen LogP contribution in [0.4, 0.5) is 19.0 Å². The number of ether oxygens (including phenoxy) is 1. The van der Waals surface area contributed by atoms with Crippen LogP contribution in [0.25, 0.3) is 11.1 Å². The van der Waals surface area contributed by atoms with E-state index in [0.717, 1.165) is 36.1 Å². The van der Waals surface area contributed by atoms with Gasteiger partial charge in [-0.05, 0) is 47.4 Å². The Labute approximate surface area is 207 Å². The van der Waals surface area contributed by atoms with Gasteiger partial charge < -0.3 is 15.4 Å². The van der Waals surface area contributed by atoms with E-state index in [0.29, 0.717) is 16.9 Å². The number of carbonyl (C=O) groups is 2. The minimum atomic E-state index is -4.36. The average Bonchev–Trinajstić information content (AvgIpc) is 2.88. The van der Waals surface area contributed by atoms with Crippen molar-refractivity contribution < 1.29 is 27.5 Å². The molecule has 1 atom stereocenters. The van der Waals surface area contributed by atoms with Gasteiger partial charge in [0, 0.05) is 12.7 Å². The van der Waals surface area contributed by atoms with Crippen LogP contribution in [0.15, 0.2) is 66.9 Å². The summed E-state index contributed by atoms with van der Waals surface area (Å²) in [4.78, 5) is 27.7. The van der Waals surface area contributed by atoms with E-state index < -0.39 is 17.7 Å². The first-order valence-corrected chi connectivity index (χ1v) is 11.6.